The molecule has 3 heteroatoms. The van der Waals surface area contributed by atoms with Crippen LogP contribution in [0.25, 0.3) is 0 Å². The standard InChI is InChI=1S/C12H16ClNO/c1-15-12-7-9(4-5-11(12)13)10-3-2-6-14-8-10/h4-5,7,10,14H,2-3,6,8H2,1H3. The van der Waals surface area contributed by atoms with Gasteiger partial charge in [-0.2, -0.15) is 0 Å². The lowest BCUT2D eigenvalue weighted by molar-refractivity contribution is 0.411. The topological polar surface area (TPSA) is 21.3 Å². The molecule has 82 valence electrons. The maximum Gasteiger partial charge on any atom is 0.137 e. The van der Waals surface area contributed by atoms with Gasteiger partial charge in [0, 0.05) is 6.54 Å². The van der Waals surface area contributed by atoms with Crippen LogP contribution in [0.4, 0.5) is 0 Å². The number of halogens is 1. The lowest BCUT2D eigenvalue weighted by Crippen LogP contribution is -2.28. The minimum absolute atomic E-state index is 0.602. The second-order valence-corrected chi connectivity index (χ2v) is 4.34. The van der Waals surface area contributed by atoms with Gasteiger partial charge in [-0.15, -0.1) is 0 Å². The summed E-state index contributed by atoms with van der Waals surface area (Å²) in [5, 5.41) is 4.10. The largest absolute Gasteiger partial charge is 0.495 e. The van der Waals surface area contributed by atoms with Crippen LogP contribution in [0.15, 0.2) is 18.2 Å². The number of methoxy groups -OCH3 is 1. The molecule has 1 aliphatic heterocycles. The maximum atomic E-state index is 5.99. The normalized spacial score (nSPS) is 21.3. The first-order chi connectivity index (χ1) is 7.31. The molecule has 0 aromatic heterocycles. The molecular weight excluding hydrogens is 210 g/mol. The van der Waals surface area contributed by atoms with E-state index in [1.807, 2.05) is 6.07 Å². The van der Waals surface area contributed by atoms with E-state index in [1.165, 1.54) is 18.4 Å². The Labute approximate surface area is 95.6 Å². The van der Waals surface area contributed by atoms with E-state index in [-0.39, 0.29) is 0 Å². The van der Waals surface area contributed by atoms with Gasteiger partial charge < -0.3 is 10.1 Å². The summed E-state index contributed by atoms with van der Waals surface area (Å²) in [5.41, 5.74) is 1.32. The average molecular weight is 226 g/mol. The molecule has 0 bridgehead atoms. The van der Waals surface area contributed by atoms with Crippen LogP contribution in [0.3, 0.4) is 0 Å². The Morgan fingerprint density at radius 3 is 3.00 bits per heavy atom. The van der Waals surface area contributed by atoms with Crippen molar-refractivity contribution in [2.75, 3.05) is 20.2 Å². The summed E-state index contributed by atoms with van der Waals surface area (Å²) in [5.74, 6) is 1.38. The van der Waals surface area contributed by atoms with Crippen LogP contribution in [-0.2, 0) is 0 Å². The van der Waals surface area contributed by atoms with E-state index in [0.717, 1.165) is 18.8 Å². The summed E-state index contributed by atoms with van der Waals surface area (Å²) in [6.07, 6.45) is 2.49. The van der Waals surface area contributed by atoms with Crippen LogP contribution >= 0.6 is 11.6 Å². The minimum Gasteiger partial charge on any atom is -0.495 e. The van der Waals surface area contributed by atoms with Crippen molar-refractivity contribution in [3.63, 3.8) is 0 Å². The summed E-state index contributed by atoms with van der Waals surface area (Å²) < 4.78 is 5.22. The van der Waals surface area contributed by atoms with E-state index in [0.29, 0.717) is 10.9 Å². The molecule has 2 nitrogen and oxygen atoms in total. The van der Waals surface area contributed by atoms with Gasteiger partial charge in [-0.3, -0.25) is 0 Å². The smallest absolute Gasteiger partial charge is 0.137 e. The Hall–Kier alpha value is -0.730. The summed E-state index contributed by atoms with van der Waals surface area (Å²) >= 11 is 5.99. The second-order valence-electron chi connectivity index (χ2n) is 3.94. The molecule has 1 saturated heterocycles. The molecule has 1 aromatic rings. The third kappa shape index (κ3) is 2.44. The predicted molar refractivity (Wildman–Crippen MR) is 62.8 cm³/mol. The van der Waals surface area contributed by atoms with Gasteiger partial charge >= 0.3 is 0 Å². The van der Waals surface area contributed by atoms with Crippen molar-refractivity contribution in [1.29, 1.82) is 0 Å². The third-order valence-electron chi connectivity index (χ3n) is 2.94. The van der Waals surface area contributed by atoms with Crippen molar-refractivity contribution >= 4 is 11.6 Å². The third-order valence-corrected chi connectivity index (χ3v) is 3.26. The van der Waals surface area contributed by atoms with Crippen LogP contribution in [0, 0.1) is 0 Å². The molecule has 0 radical (unpaired) electrons. The Bertz CT molecular complexity index is 334. The van der Waals surface area contributed by atoms with Crippen molar-refractivity contribution in [2.24, 2.45) is 0 Å². The first-order valence-electron chi connectivity index (χ1n) is 5.35. The Morgan fingerprint density at radius 2 is 2.33 bits per heavy atom. The van der Waals surface area contributed by atoms with Crippen molar-refractivity contribution in [3.05, 3.63) is 28.8 Å². The number of rotatable bonds is 2. The quantitative estimate of drug-likeness (QED) is 0.836. The van der Waals surface area contributed by atoms with Gasteiger partial charge in [-0.25, -0.2) is 0 Å². The maximum absolute atomic E-state index is 5.99. The molecule has 0 aliphatic carbocycles. The zero-order chi connectivity index (χ0) is 10.7. The fourth-order valence-corrected chi connectivity index (χ4v) is 2.26. The molecule has 2 rings (SSSR count). The molecule has 1 N–H and O–H groups in total. The zero-order valence-corrected chi connectivity index (χ0v) is 9.68. The summed E-state index contributed by atoms with van der Waals surface area (Å²) in [4.78, 5) is 0. The number of ether oxygens (including phenoxy) is 1. The minimum atomic E-state index is 0.602. The van der Waals surface area contributed by atoms with Gasteiger partial charge in [0.2, 0.25) is 0 Å². The Morgan fingerprint density at radius 1 is 1.47 bits per heavy atom. The highest BCUT2D eigenvalue weighted by molar-refractivity contribution is 6.32. The Kier molecular flexibility index (Phi) is 3.49. The van der Waals surface area contributed by atoms with Gasteiger partial charge in [0.05, 0.1) is 12.1 Å². The van der Waals surface area contributed by atoms with Gasteiger partial charge in [0.25, 0.3) is 0 Å². The Balaban J connectivity index is 2.20. The predicted octanol–water partition coefficient (Wildman–Crippen LogP) is 2.82. The van der Waals surface area contributed by atoms with E-state index >= 15 is 0 Å². The molecule has 1 fully saturated rings. The highest BCUT2D eigenvalue weighted by Gasteiger charge is 2.16. The number of hydrogen-bond donors (Lipinski definition) is 1. The molecule has 1 unspecified atom stereocenters. The van der Waals surface area contributed by atoms with Crippen LogP contribution in [-0.4, -0.2) is 20.2 Å². The van der Waals surface area contributed by atoms with E-state index in [4.69, 9.17) is 16.3 Å². The lowest BCUT2D eigenvalue weighted by Gasteiger charge is -2.23. The molecular formula is C12H16ClNO. The first kappa shape index (κ1) is 10.8. The van der Waals surface area contributed by atoms with Gasteiger partial charge in [-0.05, 0) is 43.0 Å². The second kappa shape index (κ2) is 4.86. The summed E-state index contributed by atoms with van der Waals surface area (Å²) in [6, 6.07) is 6.08. The number of nitrogens with one attached hydrogen (secondary N) is 1. The van der Waals surface area contributed by atoms with Crippen LogP contribution in [0.2, 0.25) is 5.02 Å². The number of piperidine rings is 1. The van der Waals surface area contributed by atoms with E-state index in [9.17, 15) is 0 Å². The highest BCUT2D eigenvalue weighted by atomic mass is 35.5. The lowest BCUT2D eigenvalue weighted by atomic mass is 9.92. The molecule has 0 amide bonds. The molecule has 0 spiro atoms. The van der Waals surface area contributed by atoms with Gasteiger partial charge in [0.1, 0.15) is 5.75 Å². The first-order valence-corrected chi connectivity index (χ1v) is 5.73. The fourth-order valence-electron chi connectivity index (χ4n) is 2.07. The zero-order valence-electron chi connectivity index (χ0n) is 8.92. The van der Waals surface area contributed by atoms with Crippen LogP contribution in [0.5, 0.6) is 5.75 Å². The van der Waals surface area contributed by atoms with Crippen LogP contribution in [0.1, 0.15) is 24.3 Å². The molecule has 1 aromatic carbocycles. The van der Waals surface area contributed by atoms with Crippen LogP contribution < -0.4 is 10.1 Å². The molecule has 1 atom stereocenters. The molecule has 1 aliphatic rings. The molecule has 15 heavy (non-hydrogen) atoms. The van der Waals surface area contributed by atoms with Crippen molar-refractivity contribution in [2.45, 2.75) is 18.8 Å². The fraction of sp³-hybridized carbons (Fsp3) is 0.500. The van der Waals surface area contributed by atoms with E-state index < -0.39 is 0 Å². The summed E-state index contributed by atoms with van der Waals surface area (Å²) in [7, 11) is 1.66. The van der Waals surface area contributed by atoms with Crippen molar-refractivity contribution in [3.8, 4) is 5.75 Å². The average Bonchev–Trinajstić information content (AvgIpc) is 2.31. The van der Waals surface area contributed by atoms with E-state index in [2.05, 4.69) is 17.4 Å². The molecule has 1 heterocycles. The molecule has 0 saturated carbocycles. The highest BCUT2D eigenvalue weighted by Crippen LogP contribution is 2.30. The van der Waals surface area contributed by atoms with Crippen molar-refractivity contribution in [1.82, 2.24) is 5.32 Å². The van der Waals surface area contributed by atoms with E-state index in [1.54, 1.807) is 7.11 Å². The van der Waals surface area contributed by atoms with Gasteiger partial charge in [-0.1, -0.05) is 17.7 Å². The number of hydrogen-bond acceptors (Lipinski definition) is 2. The SMILES string of the molecule is COc1cc(C2CCCNC2)ccc1Cl. The van der Waals surface area contributed by atoms with Gasteiger partial charge in [0.15, 0.2) is 0 Å². The van der Waals surface area contributed by atoms with Crippen molar-refractivity contribution < 1.29 is 4.74 Å². The monoisotopic (exact) mass is 225 g/mol. The summed E-state index contributed by atoms with van der Waals surface area (Å²) in [6.45, 7) is 2.20. The number of benzene rings is 1.